The lowest BCUT2D eigenvalue weighted by Crippen LogP contribution is -1.91. The van der Waals surface area contributed by atoms with Gasteiger partial charge in [-0.3, -0.25) is 0 Å². The lowest BCUT2D eigenvalue weighted by Gasteiger charge is -2.03. The molecule has 2 aromatic rings. The Morgan fingerprint density at radius 2 is 2.14 bits per heavy atom. The Hall–Kier alpha value is -2.08. The smallest absolute Gasteiger partial charge is 0.183 e. The first-order valence-corrected chi connectivity index (χ1v) is 4.19. The first kappa shape index (κ1) is 8.52. The van der Waals surface area contributed by atoms with Crippen LogP contribution >= 0.6 is 0 Å². The van der Waals surface area contributed by atoms with E-state index < -0.39 is 0 Å². The second-order valence-electron chi connectivity index (χ2n) is 2.84. The minimum Gasteiger partial charge on any atom is -0.494 e. The molecule has 0 saturated carbocycles. The van der Waals surface area contributed by atoms with Gasteiger partial charge in [-0.05, 0) is 12.1 Å². The van der Waals surface area contributed by atoms with Gasteiger partial charge in [0.05, 0.1) is 12.6 Å². The number of fused-ring (bicyclic) bond motifs is 1. The number of benzene rings is 1. The van der Waals surface area contributed by atoms with Crippen LogP contribution in [0.1, 0.15) is 5.69 Å². The number of hydrogen-bond donors (Lipinski definition) is 0. The van der Waals surface area contributed by atoms with E-state index in [0.29, 0.717) is 11.4 Å². The van der Waals surface area contributed by atoms with Crippen molar-refractivity contribution in [3.8, 4) is 11.8 Å². The zero-order valence-corrected chi connectivity index (χ0v) is 7.69. The van der Waals surface area contributed by atoms with Crippen LogP contribution in [0.25, 0.3) is 10.9 Å². The summed E-state index contributed by atoms with van der Waals surface area (Å²) < 4.78 is 5.06. The first-order valence-electron chi connectivity index (χ1n) is 4.19. The van der Waals surface area contributed by atoms with Crippen molar-refractivity contribution in [1.29, 1.82) is 5.26 Å². The molecular formula is C11H8N2O. The third-order valence-corrected chi connectivity index (χ3v) is 2.01. The maximum absolute atomic E-state index is 8.82. The number of para-hydroxylation sites is 1. The van der Waals surface area contributed by atoms with E-state index in [1.54, 1.807) is 0 Å². The number of hydrogen-bond acceptors (Lipinski definition) is 3. The van der Waals surface area contributed by atoms with Crippen molar-refractivity contribution in [2.45, 2.75) is 0 Å². The second-order valence-corrected chi connectivity index (χ2v) is 2.84. The molecule has 3 heteroatoms. The summed E-state index contributed by atoms with van der Waals surface area (Å²) in [6.45, 7) is 0. The minimum absolute atomic E-state index is 0.325. The SMILES string of the molecule is COc1cc2ccccc2nc1C#N. The van der Waals surface area contributed by atoms with Gasteiger partial charge in [-0.15, -0.1) is 0 Å². The van der Waals surface area contributed by atoms with Gasteiger partial charge in [-0.25, -0.2) is 4.98 Å². The minimum atomic E-state index is 0.325. The Balaban J connectivity index is 2.77. The van der Waals surface area contributed by atoms with Gasteiger partial charge in [0.15, 0.2) is 11.4 Å². The van der Waals surface area contributed by atoms with Crippen LogP contribution in [0.4, 0.5) is 0 Å². The van der Waals surface area contributed by atoms with Gasteiger partial charge in [-0.1, -0.05) is 18.2 Å². The van der Waals surface area contributed by atoms with Crippen LogP contribution in [0.15, 0.2) is 30.3 Å². The number of rotatable bonds is 1. The van der Waals surface area contributed by atoms with Crippen LogP contribution in [-0.2, 0) is 0 Å². The lowest BCUT2D eigenvalue weighted by molar-refractivity contribution is 0.412. The first-order chi connectivity index (χ1) is 6.85. The molecular weight excluding hydrogens is 176 g/mol. The summed E-state index contributed by atoms with van der Waals surface area (Å²) in [7, 11) is 1.53. The van der Waals surface area contributed by atoms with Gasteiger partial charge < -0.3 is 4.74 Å². The second kappa shape index (κ2) is 3.35. The standard InChI is InChI=1S/C11H8N2O/c1-14-11-6-8-4-2-3-5-9(8)13-10(11)7-12/h2-6H,1H3. The van der Waals surface area contributed by atoms with E-state index in [-0.39, 0.29) is 0 Å². The maximum Gasteiger partial charge on any atom is 0.183 e. The lowest BCUT2D eigenvalue weighted by atomic mass is 10.2. The zero-order valence-electron chi connectivity index (χ0n) is 7.69. The Bertz CT molecular complexity index is 514. The number of aromatic nitrogens is 1. The van der Waals surface area contributed by atoms with Crippen molar-refractivity contribution in [3.63, 3.8) is 0 Å². The zero-order chi connectivity index (χ0) is 9.97. The molecule has 68 valence electrons. The molecule has 1 aromatic heterocycles. The Kier molecular flexibility index (Phi) is 2.04. The van der Waals surface area contributed by atoms with Crippen molar-refractivity contribution in [2.24, 2.45) is 0 Å². The normalized spacial score (nSPS) is 9.71. The molecule has 0 spiro atoms. The molecule has 0 radical (unpaired) electrons. The molecule has 0 aliphatic heterocycles. The molecule has 1 heterocycles. The maximum atomic E-state index is 8.82. The molecule has 0 saturated heterocycles. The van der Waals surface area contributed by atoms with Crippen LogP contribution < -0.4 is 4.74 Å². The highest BCUT2D eigenvalue weighted by atomic mass is 16.5. The van der Waals surface area contributed by atoms with E-state index in [9.17, 15) is 0 Å². The monoisotopic (exact) mass is 184 g/mol. The molecule has 3 nitrogen and oxygen atoms in total. The highest BCUT2D eigenvalue weighted by Crippen LogP contribution is 2.21. The van der Waals surface area contributed by atoms with Gasteiger partial charge in [0.1, 0.15) is 6.07 Å². The Morgan fingerprint density at radius 3 is 2.86 bits per heavy atom. The van der Waals surface area contributed by atoms with E-state index in [2.05, 4.69) is 4.98 Å². The summed E-state index contributed by atoms with van der Waals surface area (Å²) in [6, 6.07) is 11.4. The molecule has 2 rings (SSSR count). The number of pyridine rings is 1. The molecule has 0 aliphatic rings. The average molecular weight is 184 g/mol. The summed E-state index contributed by atoms with van der Waals surface area (Å²) in [5.74, 6) is 0.520. The van der Waals surface area contributed by atoms with Gasteiger partial charge in [0.2, 0.25) is 0 Å². The molecule has 0 unspecified atom stereocenters. The van der Waals surface area contributed by atoms with Crippen LogP contribution in [0.5, 0.6) is 5.75 Å². The molecule has 0 aliphatic carbocycles. The molecule has 0 bridgehead atoms. The summed E-state index contributed by atoms with van der Waals surface area (Å²) in [4.78, 5) is 4.18. The number of nitrogens with zero attached hydrogens (tertiary/aromatic N) is 2. The highest BCUT2D eigenvalue weighted by molar-refractivity contribution is 5.80. The molecule has 0 amide bonds. The van der Waals surface area contributed by atoms with Crippen LogP contribution in [-0.4, -0.2) is 12.1 Å². The van der Waals surface area contributed by atoms with Crippen LogP contribution in [0, 0.1) is 11.3 Å². The van der Waals surface area contributed by atoms with Crippen LogP contribution in [0.3, 0.4) is 0 Å². The van der Waals surface area contributed by atoms with Gasteiger partial charge in [-0.2, -0.15) is 5.26 Å². The topological polar surface area (TPSA) is 45.9 Å². The van der Waals surface area contributed by atoms with Crippen molar-refractivity contribution < 1.29 is 4.74 Å². The molecule has 14 heavy (non-hydrogen) atoms. The van der Waals surface area contributed by atoms with Gasteiger partial charge >= 0.3 is 0 Å². The van der Waals surface area contributed by atoms with E-state index in [0.717, 1.165) is 10.9 Å². The average Bonchev–Trinajstić information content (AvgIpc) is 2.27. The van der Waals surface area contributed by atoms with E-state index >= 15 is 0 Å². The summed E-state index contributed by atoms with van der Waals surface area (Å²) in [5.41, 5.74) is 1.14. The summed E-state index contributed by atoms with van der Waals surface area (Å²) in [6.07, 6.45) is 0. The molecule has 1 aromatic carbocycles. The predicted octanol–water partition coefficient (Wildman–Crippen LogP) is 2.12. The van der Waals surface area contributed by atoms with Gasteiger partial charge in [0, 0.05) is 5.39 Å². The van der Waals surface area contributed by atoms with E-state index in [1.165, 1.54) is 7.11 Å². The van der Waals surface area contributed by atoms with E-state index in [1.807, 2.05) is 36.4 Å². The Labute approximate surface area is 81.6 Å². The van der Waals surface area contributed by atoms with Crippen molar-refractivity contribution in [2.75, 3.05) is 7.11 Å². The highest BCUT2D eigenvalue weighted by Gasteiger charge is 2.05. The Morgan fingerprint density at radius 1 is 1.36 bits per heavy atom. The quantitative estimate of drug-likeness (QED) is 0.681. The summed E-state index contributed by atoms with van der Waals surface area (Å²) >= 11 is 0. The largest absolute Gasteiger partial charge is 0.494 e. The fourth-order valence-corrected chi connectivity index (χ4v) is 1.33. The molecule has 0 atom stereocenters. The predicted molar refractivity (Wildman–Crippen MR) is 53.0 cm³/mol. The number of ether oxygens (including phenoxy) is 1. The van der Waals surface area contributed by atoms with Crippen molar-refractivity contribution >= 4 is 10.9 Å². The van der Waals surface area contributed by atoms with Crippen LogP contribution in [0.2, 0.25) is 0 Å². The summed E-state index contributed by atoms with van der Waals surface area (Å²) in [5, 5.41) is 9.79. The van der Waals surface area contributed by atoms with Crippen molar-refractivity contribution in [3.05, 3.63) is 36.0 Å². The van der Waals surface area contributed by atoms with Crippen molar-refractivity contribution in [1.82, 2.24) is 4.98 Å². The molecule has 0 fully saturated rings. The number of nitriles is 1. The van der Waals surface area contributed by atoms with E-state index in [4.69, 9.17) is 10.00 Å². The molecule has 0 N–H and O–H groups in total. The third-order valence-electron chi connectivity index (χ3n) is 2.01. The number of methoxy groups -OCH3 is 1. The van der Waals surface area contributed by atoms with Gasteiger partial charge in [0.25, 0.3) is 0 Å². The fraction of sp³-hybridized carbons (Fsp3) is 0.0909. The fourth-order valence-electron chi connectivity index (χ4n) is 1.33. The third kappa shape index (κ3) is 1.27.